The normalized spacial score (nSPS) is 10.4. The SMILES string of the molecule is Cc1ccc(NCc2cc(Cl)ccc2F)c(C)n1. The first-order chi connectivity index (χ1) is 8.56. The summed E-state index contributed by atoms with van der Waals surface area (Å²) >= 11 is 5.84. The fourth-order valence-electron chi connectivity index (χ4n) is 1.74. The summed E-state index contributed by atoms with van der Waals surface area (Å²) in [4.78, 5) is 4.34. The van der Waals surface area contributed by atoms with Crippen LogP contribution in [0.5, 0.6) is 0 Å². The second-order valence-corrected chi connectivity index (χ2v) is 4.61. The molecule has 1 aromatic heterocycles. The lowest BCUT2D eigenvalue weighted by molar-refractivity contribution is 0.613. The van der Waals surface area contributed by atoms with Crippen molar-refractivity contribution in [3.63, 3.8) is 0 Å². The number of nitrogens with one attached hydrogen (secondary N) is 1. The topological polar surface area (TPSA) is 24.9 Å². The molecular formula is C14H14ClFN2. The summed E-state index contributed by atoms with van der Waals surface area (Å²) in [6, 6.07) is 8.41. The molecule has 0 amide bonds. The minimum Gasteiger partial charge on any atom is -0.379 e. The third kappa shape index (κ3) is 2.99. The van der Waals surface area contributed by atoms with Crippen molar-refractivity contribution in [3.8, 4) is 0 Å². The molecule has 0 bridgehead atoms. The van der Waals surface area contributed by atoms with Gasteiger partial charge in [0, 0.05) is 22.8 Å². The molecule has 0 aliphatic rings. The van der Waals surface area contributed by atoms with Gasteiger partial charge in [0.25, 0.3) is 0 Å². The Labute approximate surface area is 111 Å². The zero-order chi connectivity index (χ0) is 13.1. The zero-order valence-electron chi connectivity index (χ0n) is 10.3. The average Bonchev–Trinajstić information content (AvgIpc) is 2.32. The van der Waals surface area contributed by atoms with E-state index in [1.54, 1.807) is 12.1 Å². The van der Waals surface area contributed by atoms with Gasteiger partial charge in [-0.25, -0.2) is 4.39 Å². The highest BCUT2D eigenvalue weighted by Gasteiger charge is 2.04. The number of hydrogen-bond acceptors (Lipinski definition) is 2. The molecule has 0 unspecified atom stereocenters. The molecule has 0 aliphatic carbocycles. The van der Waals surface area contributed by atoms with Gasteiger partial charge in [0.15, 0.2) is 0 Å². The predicted octanol–water partition coefficient (Wildman–Crippen LogP) is 4.10. The van der Waals surface area contributed by atoms with Crippen molar-refractivity contribution in [2.24, 2.45) is 0 Å². The van der Waals surface area contributed by atoms with E-state index in [4.69, 9.17) is 11.6 Å². The molecule has 2 rings (SSSR count). The Morgan fingerprint density at radius 1 is 1.22 bits per heavy atom. The molecule has 0 fully saturated rings. The van der Waals surface area contributed by atoms with Crippen molar-refractivity contribution >= 4 is 17.3 Å². The lowest BCUT2D eigenvalue weighted by Crippen LogP contribution is -2.04. The van der Waals surface area contributed by atoms with E-state index in [1.807, 2.05) is 26.0 Å². The van der Waals surface area contributed by atoms with Gasteiger partial charge in [-0.15, -0.1) is 0 Å². The highest BCUT2D eigenvalue weighted by molar-refractivity contribution is 6.30. The molecule has 0 atom stereocenters. The van der Waals surface area contributed by atoms with Crippen molar-refractivity contribution in [1.29, 1.82) is 0 Å². The molecule has 94 valence electrons. The van der Waals surface area contributed by atoms with E-state index >= 15 is 0 Å². The van der Waals surface area contributed by atoms with E-state index in [1.165, 1.54) is 6.07 Å². The molecule has 0 saturated heterocycles. The smallest absolute Gasteiger partial charge is 0.128 e. The first-order valence-electron chi connectivity index (χ1n) is 5.68. The van der Waals surface area contributed by atoms with Crippen molar-refractivity contribution in [2.75, 3.05) is 5.32 Å². The van der Waals surface area contributed by atoms with Crippen LogP contribution in [0.4, 0.5) is 10.1 Å². The highest BCUT2D eigenvalue weighted by Crippen LogP contribution is 2.18. The summed E-state index contributed by atoms with van der Waals surface area (Å²) in [5, 5.41) is 3.70. The molecule has 2 aromatic rings. The number of rotatable bonds is 3. The number of aryl methyl sites for hydroxylation is 2. The zero-order valence-corrected chi connectivity index (χ0v) is 11.1. The van der Waals surface area contributed by atoms with Crippen LogP contribution in [0.1, 0.15) is 17.0 Å². The Bertz CT molecular complexity index is 570. The minimum absolute atomic E-state index is 0.260. The van der Waals surface area contributed by atoms with Crippen molar-refractivity contribution < 1.29 is 4.39 Å². The van der Waals surface area contributed by atoms with Crippen LogP contribution in [0.15, 0.2) is 30.3 Å². The second kappa shape index (κ2) is 5.36. The largest absolute Gasteiger partial charge is 0.379 e. The Morgan fingerprint density at radius 2 is 2.00 bits per heavy atom. The Balaban J connectivity index is 2.13. The van der Waals surface area contributed by atoms with Crippen LogP contribution in [-0.2, 0) is 6.54 Å². The third-order valence-electron chi connectivity index (χ3n) is 2.70. The Kier molecular flexibility index (Phi) is 3.82. The van der Waals surface area contributed by atoms with E-state index in [9.17, 15) is 4.39 Å². The summed E-state index contributed by atoms with van der Waals surface area (Å²) in [5.74, 6) is -0.260. The molecule has 0 aliphatic heterocycles. The number of aromatic nitrogens is 1. The Hall–Kier alpha value is -1.61. The van der Waals surface area contributed by atoms with Gasteiger partial charge in [0.2, 0.25) is 0 Å². The molecule has 1 aromatic carbocycles. The average molecular weight is 265 g/mol. The fraction of sp³-hybridized carbons (Fsp3) is 0.214. The van der Waals surface area contributed by atoms with Crippen molar-refractivity contribution in [3.05, 3.63) is 58.1 Å². The van der Waals surface area contributed by atoms with Crippen LogP contribution in [0.2, 0.25) is 5.02 Å². The number of hydrogen-bond donors (Lipinski definition) is 1. The lowest BCUT2D eigenvalue weighted by atomic mass is 10.2. The number of benzene rings is 1. The van der Waals surface area contributed by atoms with Crippen LogP contribution >= 0.6 is 11.6 Å². The van der Waals surface area contributed by atoms with Gasteiger partial charge in [-0.1, -0.05) is 11.6 Å². The molecular weight excluding hydrogens is 251 g/mol. The second-order valence-electron chi connectivity index (χ2n) is 4.17. The maximum absolute atomic E-state index is 13.5. The quantitative estimate of drug-likeness (QED) is 0.903. The van der Waals surface area contributed by atoms with Crippen LogP contribution in [0.3, 0.4) is 0 Å². The number of pyridine rings is 1. The van der Waals surface area contributed by atoms with Gasteiger partial charge in [-0.3, -0.25) is 4.98 Å². The number of halogens is 2. The lowest BCUT2D eigenvalue weighted by Gasteiger charge is -2.10. The van der Waals surface area contributed by atoms with Gasteiger partial charge in [0.05, 0.1) is 11.4 Å². The molecule has 1 N–H and O–H groups in total. The van der Waals surface area contributed by atoms with Crippen LogP contribution < -0.4 is 5.32 Å². The molecule has 0 spiro atoms. The van der Waals surface area contributed by atoms with Crippen molar-refractivity contribution in [2.45, 2.75) is 20.4 Å². The van der Waals surface area contributed by atoms with E-state index in [-0.39, 0.29) is 5.82 Å². The van der Waals surface area contributed by atoms with Gasteiger partial charge in [-0.2, -0.15) is 0 Å². The summed E-state index contributed by atoms with van der Waals surface area (Å²) in [6.07, 6.45) is 0. The van der Waals surface area contributed by atoms with E-state index in [0.29, 0.717) is 17.1 Å². The number of anilines is 1. The van der Waals surface area contributed by atoms with Gasteiger partial charge < -0.3 is 5.32 Å². The molecule has 2 nitrogen and oxygen atoms in total. The maximum atomic E-state index is 13.5. The maximum Gasteiger partial charge on any atom is 0.128 e. The predicted molar refractivity (Wildman–Crippen MR) is 72.4 cm³/mol. The van der Waals surface area contributed by atoms with Crippen LogP contribution in [0.25, 0.3) is 0 Å². The fourth-order valence-corrected chi connectivity index (χ4v) is 1.94. The molecule has 18 heavy (non-hydrogen) atoms. The molecule has 0 saturated carbocycles. The minimum atomic E-state index is -0.260. The standard InChI is InChI=1S/C14H14ClFN2/c1-9-3-6-14(10(2)18-9)17-8-11-7-12(15)4-5-13(11)16/h3-7,17H,8H2,1-2H3. The third-order valence-corrected chi connectivity index (χ3v) is 2.94. The number of nitrogens with zero attached hydrogens (tertiary/aromatic N) is 1. The summed E-state index contributed by atoms with van der Waals surface area (Å²) in [6.45, 7) is 4.25. The van der Waals surface area contributed by atoms with E-state index in [2.05, 4.69) is 10.3 Å². The van der Waals surface area contributed by atoms with Crippen molar-refractivity contribution in [1.82, 2.24) is 4.98 Å². The Morgan fingerprint density at radius 3 is 2.72 bits per heavy atom. The first kappa shape index (κ1) is 12.8. The molecule has 1 heterocycles. The molecule has 0 radical (unpaired) electrons. The molecule has 4 heteroatoms. The van der Waals surface area contributed by atoms with Gasteiger partial charge in [-0.05, 0) is 44.2 Å². The van der Waals surface area contributed by atoms with Gasteiger partial charge in [0.1, 0.15) is 5.82 Å². The monoisotopic (exact) mass is 264 g/mol. The van der Waals surface area contributed by atoms with Crippen LogP contribution in [-0.4, -0.2) is 4.98 Å². The van der Waals surface area contributed by atoms with Gasteiger partial charge >= 0.3 is 0 Å². The van der Waals surface area contributed by atoms with E-state index in [0.717, 1.165) is 17.1 Å². The summed E-state index contributed by atoms with van der Waals surface area (Å²) in [5.41, 5.74) is 3.31. The summed E-state index contributed by atoms with van der Waals surface area (Å²) in [7, 11) is 0. The van der Waals surface area contributed by atoms with Crippen LogP contribution in [0, 0.1) is 19.7 Å². The summed E-state index contributed by atoms with van der Waals surface area (Å²) < 4.78 is 13.5. The van der Waals surface area contributed by atoms with E-state index < -0.39 is 0 Å². The first-order valence-corrected chi connectivity index (χ1v) is 6.06. The highest BCUT2D eigenvalue weighted by atomic mass is 35.5.